The van der Waals surface area contributed by atoms with E-state index in [0.29, 0.717) is 6.07 Å². The average Bonchev–Trinajstić information content (AvgIpc) is 2.18. The van der Waals surface area contributed by atoms with Crippen LogP contribution in [-0.2, 0) is 11.3 Å². The summed E-state index contributed by atoms with van der Waals surface area (Å²) in [6.45, 7) is -0.424. The van der Waals surface area contributed by atoms with Crippen molar-refractivity contribution in [1.29, 1.82) is 0 Å². The molecule has 0 amide bonds. The summed E-state index contributed by atoms with van der Waals surface area (Å²) in [6, 6.07) is 0.595. The number of carbonyl (C=O) groups excluding carboxylic acids is 1. The monoisotopic (exact) mass is 221 g/mol. The van der Waals surface area contributed by atoms with Crippen LogP contribution < -0.4 is 0 Å². The van der Waals surface area contributed by atoms with E-state index in [4.69, 9.17) is 11.6 Å². The number of rotatable bonds is 2. The van der Waals surface area contributed by atoms with Crippen molar-refractivity contribution in [3.8, 4) is 0 Å². The van der Waals surface area contributed by atoms with Crippen LogP contribution in [0.3, 0.4) is 0 Å². The van der Waals surface area contributed by atoms with E-state index in [2.05, 4.69) is 4.99 Å². The minimum Gasteiger partial charge on any atom is -0.211 e. The highest BCUT2D eigenvalue weighted by atomic mass is 35.5. The number of hydrogen-bond donors (Lipinski definition) is 0. The second-order valence-corrected chi connectivity index (χ2v) is 2.74. The second-order valence-electron chi connectivity index (χ2n) is 2.37. The number of nitrogens with zero attached hydrogens (tertiary/aromatic N) is 1. The summed E-state index contributed by atoms with van der Waals surface area (Å²) in [4.78, 5) is 12.7. The fraction of sp³-hybridized carbons (Fsp3) is 0.125. The zero-order chi connectivity index (χ0) is 10.7. The SMILES string of the molecule is O=C=NCc1cc(F)c(F)c(Cl)c1F. The van der Waals surface area contributed by atoms with E-state index in [1.54, 1.807) is 0 Å². The molecule has 1 aromatic rings. The van der Waals surface area contributed by atoms with E-state index in [9.17, 15) is 18.0 Å². The fourth-order valence-corrected chi connectivity index (χ4v) is 1.07. The van der Waals surface area contributed by atoms with Crippen LogP contribution in [0.15, 0.2) is 11.1 Å². The van der Waals surface area contributed by atoms with Gasteiger partial charge in [-0.15, -0.1) is 0 Å². The molecule has 0 heterocycles. The predicted molar refractivity (Wildman–Crippen MR) is 43.2 cm³/mol. The van der Waals surface area contributed by atoms with Crippen molar-refractivity contribution in [1.82, 2.24) is 0 Å². The molecule has 0 aliphatic carbocycles. The normalized spacial score (nSPS) is 9.71. The zero-order valence-electron chi connectivity index (χ0n) is 6.65. The second kappa shape index (κ2) is 4.26. The van der Waals surface area contributed by atoms with E-state index in [-0.39, 0.29) is 5.56 Å². The molecule has 74 valence electrons. The minimum absolute atomic E-state index is 0.294. The van der Waals surface area contributed by atoms with E-state index in [0.717, 1.165) is 6.08 Å². The van der Waals surface area contributed by atoms with Crippen molar-refractivity contribution in [2.24, 2.45) is 4.99 Å². The Morgan fingerprint density at radius 1 is 1.36 bits per heavy atom. The standard InChI is InChI=1S/C8H3ClF3NO/c9-6-7(11)4(2-13-3-14)1-5(10)8(6)12/h1H,2H2. The molecule has 0 aromatic heterocycles. The zero-order valence-corrected chi connectivity index (χ0v) is 7.41. The van der Waals surface area contributed by atoms with Crippen LogP contribution in [-0.4, -0.2) is 6.08 Å². The van der Waals surface area contributed by atoms with Gasteiger partial charge in [-0.25, -0.2) is 23.0 Å². The van der Waals surface area contributed by atoms with Gasteiger partial charge in [0.05, 0.1) is 6.54 Å². The van der Waals surface area contributed by atoms with Gasteiger partial charge < -0.3 is 0 Å². The van der Waals surface area contributed by atoms with Gasteiger partial charge in [-0.1, -0.05) is 11.6 Å². The lowest BCUT2D eigenvalue weighted by Gasteiger charge is -2.02. The fourth-order valence-electron chi connectivity index (χ4n) is 0.854. The number of hydrogen-bond acceptors (Lipinski definition) is 2. The Bertz CT molecular complexity index is 416. The molecule has 0 atom stereocenters. The molecule has 0 bridgehead atoms. The Hall–Kier alpha value is -1.32. The Kier molecular flexibility index (Phi) is 3.28. The maximum absolute atomic E-state index is 13.0. The molecular weight excluding hydrogens is 219 g/mol. The maximum Gasteiger partial charge on any atom is 0.235 e. The highest BCUT2D eigenvalue weighted by Gasteiger charge is 2.16. The molecule has 14 heavy (non-hydrogen) atoms. The molecule has 1 rings (SSSR count). The minimum atomic E-state index is -1.46. The summed E-state index contributed by atoms with van der Waals surface area (Å²) < 4.78 is 38.4. The molecule has 0 saturated carbocycles. The first-order valence-electron chi connectivity index (χ1n) is 3.43. The van der Waals surface area contributed by atoms with Crippen molar-refractivity contribution in [3.63, 3.8) is 0 Å². The number of halogens is 4. The Morgan fingerprint density at radius 2 is 2.00 bits per heavy atom. The highest BCUT2D eigenvalue weighted by molar-refractivity contribution is 6.31. The first-order chi connectivity index (χ1) is 6.57. The van der Waals surface area contributed by atoms with Gasteiger partial charge in [0.1, 0.15) is 10.8 Å². The quantitative estimate of drug-likeness (QED) is 0.327. The largest absolute Gasteiger partial charge is 0.235 e. The topological polar surface area (TPSA) is 29.4 Å². The summed E-state index contributed by atoms with van der Waals surface area (Å²) >= 11 is 5.14. The van der Waals surface area contributed by atoms with Gasteiger partial charge in [0.25, 0.3) is 0 Å². The van der Waals surface area contributed by atoms with Gasteiger partial charge >= 0.3 is 0 Å². The third kappa shape index (κ3) is 1.95. The number of isocyanates is 1. The van der Waals surface area contributed by atoms with Gasteiger partial charge in [-0.05, 0) is 6.07 Å². The van der Waals surface area contributed by atoms with E-state index in [1.807, 2.05) is 0 Å². The summed E-state index contributed by atoms with van der Waals surface area (Å²) in [5, 5.41) is -0.943. The molecule has 2 nitrogen and oxygen atoms in total. The Morgan fingerprint density at radius 3 is 2.57 bits per heavy atom. The summed E-state index contributed by atoms with van der Waals surface area (Å²) in [5.41, 5.74) is -0.294. The van der Waals surface area contributed by atoms with Crippen LogP contribution in [0, 0.1) is 17.5 Å². The van der Waals surface area contributed by atoms with Crippen LogP contribution in [0.5, 0.6) is 0 Å². The molecule has 0 aliphatic heterocycles. The molecule has 6 heteroatoms. The van der Waals surface area contributed by atoms with E-state index < -0.39 is 29.0 Å². The van der Waals surface area contributed by atoms with Gasteiger partial charge in [-0.3, -0.25) is 0 Å². The average molecular weight is 222 g/mol. The molecule has 0 spiro atoms. The lowest BCUT2D eigenvalue weighted by molar-refractivity contribution is 0.490. The summed E-state index contributed by atoms with van der Waals surface area (Å²) in [5.74, 6) is -3.86. The maximum atomic E-state index is 13.0. The summed E-state index contributed by atoms with van der Waals surface area (Å²) in [7, 11) is 0. The molecule has 0 radical (unpaired) electrons. The van der Waals surface area contributed by atoms with E-state index in [1.165, 1.54) is 0 Å². The van der Waals surface area contributed by atoms with Gasteiger partial charge in [0.15, 0.2) is 11.6 Å². The van der Waals surface area contributed by atoms with Crippen molar-refractivity contribution in [3.05, 3.63) is 34.1 Å². The highest BCUT2D eigenvalue weighted by Crippen LogP contribution is 2.24. The van der Waals surface area contributed by atoms with Gasteiger partial charge in [0.2, 0.25) is 6.08 Å². The molecule has 0 unspecified atom stereocenters. The first kappa shape index (κ1) is 10.8. The Balaban J connectivity index is 3.25. The molecular formula is C8H3ClF3NO. The van der Waals surface area contributed by atoms with Crippen molar-refractivity contribution in [2.45, 2.75) is 6.54 Å². The Labute approximate surface area is 82.0 Å². The smallest absolute Gasteiger partial charge is 0.211 e. The summed E-state index contributed by atoms with van der Waals surface area (Å²) in [6.07, 6.45) is 1.15. The number of aliphatic imine (C=N–C) groups is 1. The van der Waals surface area contributed by atoms with Crippen LogP contribution in [0.1, 0.15) is 5.56 Å². The third-order valence-corrected chi connectivity index (χ3v) is 1.82. The molecule has 0 fully saturated rings. The van der Waals surface area contributed by atoms with Crippen LogP contribution >= 0.6 is 11.6 Å². The van der Waals surface area contributed by atoms with Crippen LogP contribution in [0.2, 0.25) is 5.02 Å². The van der Waals surface area contributed by atoms with Crippen LogP contribution in [0.25, 0.3) is 0 Å². The third-order valence-electron chi connectivity index (χ3n) is 1.49. The van der Waals surface area contributed by atoms with Crippen molar-refractivity contribution >= 4 is 17.7 Å². The first-order valence-corrected chi connectivity index (χ1v) is 3.81. The lowest BCUT2D eigenvalue weighted by Crippen LogP contribution is -1.96. The van der Waals surface area contributed by atoms with Crippen molar-refractivity contribution in [2.75, 3.05) is 0 Å². The molecule has 0 aliphatic rings. The molecule has 0 N–H and O–H groups in total. The molecule has 0 saturated heterocycles. The number of benzene rings is 1. The van der Waals surface area contributed by atoms with E-state index >= 15 is 0 Å². The molecule has 1 aromatic carbocycles. The van der Waals surface area contributed by atoms with Gasteiger partial charge in [0, 0.05) is 5.56 Å². The van der Waals surface area contributed by atoms with Gasteiger partial charge in [-0.2, -0.15) is 0 Å². The van der Waals surface area contributed by atoms with Crippen LogP contribution in [0.4, 0.5) is 13.2 Å². The lowest BCUT2D eigenvalue weighted by atomic mass is 10.2. The van der Waals surface area contributed by atoms with Crippen molar-refractivity contribution < 1.29 is 18.0 Å². The predicted octanol–water partition coefficient (Wildman–Crippen LogP) is 2.59.